The van der Waals surface area contributed by atoms with Gasteiger partial charge < -0.3 is 19.9 Å². The first-order chi connectivity index (χ1) is 40.4. The van der Waals surface area contributed by atoms with E-state index < -0.39 is 17.7 Å². The van der Waals surface area contributed by atoms with Gasteiger partial charge in [0.2, 0.25) is 0 Å². The lowest BCUT2D eigenvalue weighted by Gasteiger charge is -2.42. The van der Waals surface area contributed by atoms with Crippen LogP contribution in [0, 0.1) is 6.85 Å². The van der Waals surface area contributed by atoms with Crippen LogP contribution in [-0.4, -0.2) is 11.7 Å². The van der Waals surface area contributed by atoms with Gasteiger partial charge in [-0.25, -0.2) is 4.98 Å². The molecule has 0 unspecified atom stereocenters. The monoisotopic (exact) mass is 1060 g/mol. The summed E-state index contributed by atoms with van der Waals surface area (Å²) in [4.78, 5) is 9.62. The van der Waals surface area contributed by atoms with Crippen LogP contribution >= 0.6 is 0 Å². The highest BCUT2D eigenvalue weighted by molar-refractivity contribution is 5.99. The average molecular weight is 1060 g/mol. The lowest BCUT2D eigenvalue weighted by Crippen LogP contribution is -2.33. The number of para-hydroxylation sites is 3. The Kier molecular flexibility index (Phi) is 11.9. The number of hydrogen-bond donors (Lipinski definition) is 1. The van der Waals surface area contributed by atoms with E-state index >= 15 is 0 Å². The van der Waals surface area contributed by atoms with Crippen molar-refractivity contribution in [1.82, 2.24) is 4.98 Å². The summed E-state index contributed by atoms with van der Waals surface area (Å²) < 4.78 is 61.1. The van der Waals surface area contributed by atoms with Crippen LogP contribution < -0.4 is 19.9 Å². The maximum atomic E-state index is 9.59. The molecular weight excluding hydrogens is 973 g/mol. The molecule has 2 heterocycles. The summed E-state index contributed by atoms with van der Waals surface area (Å²) in [6.45, 7) is 26.3. The minimum absolute atomic E-state index is 0.0234. The molecule has 1 aliphatic heterocycles. The van der Waals surface area contributed by atoms with Crippen molar-refractivity contribution in [3.8, 4) is 56.0 Å². The molecule has 0 spiro atoms. The fourth-order valence-corrected chi connectivity index (χ4v) is 11.4. The molecule has 8 aromatic carbocycles. The van der Waals surface area contributed by atoms with E-state index in [4.69, 9.17) is 13.8 Å². The van der Waals surface area contributed by atoms with Crippen LogP contribution in [0.15, 0.2) is 188 Å². The van der Waals surface area contributed by atoms with Crippen molar-refractivity contribution in [2.75, 3.05) is 21.8 Å². The molecule has 0 amide bonds. The lowest BCUT2D eigenvalue weighted by molar-refractivity contribution is 0.332. The zero-order valence-corrected chi connectivity index (χ0v) is 49.0. The fourth-order valence-electron chi connectivity index (χ4n) is 11.4. The first-order valence-electron chi connectivity index (χ1n) is 31.3. The van der Waals surface area contributed by atoms with Gasteiger partial charge in [0, 0.05) is 50.0 Å². The Hall–Kier alpha value is -7.89. The van der Waals surface area contributed by atoms with E-state index in [-0.39, 0.29) is 51.1 Å². The minimum atomic E-state index is -2.62. The number of nitrogens with one attached hydrogen (secondary N) is 1. The Morgan fingerprint density at radius 1 is 0.512 bits per heavy atom. The van der Waals surface area contributed by atoms with Crippen LogP contribution in [0.3, 0.4) is 0 Å². The molecule has 11 rings (SSSR count). The van der Waals surface area contributed by atoms with Gasteiger partial charge in [-0.05, 0) is 157 Å². The summed E-state index contributed by atoms with van der Waals surface area (Å²) in [5, 5.41) is 3.47. The molecule has 0 saturated carbocycles. The quantitative estimate of drug-likeness (QED) is 0.148. The van der Waals surface area contributed by atoms with Gasteiger partial charge in [-0.3, -0.25) is 0 Å². The van der Waals surface area contributed by atoms with E-state index in [0.717, 1.165) is 69.1 Å². The minimum Gasteiger partial charge on any atom is -0.457 e. The topological polar surface area (TPSA) is 40.6 Å². The second-order valence-corrected chi connectivity index (χ2v) is 26.5. The summed E-state index contributed by atoms with van der Waals surface area (Å²) >= 11 is 0. The summed E-state index contributed by atoms with van der Waals surface area (Å²) in [7, 11) is 0. The number of hydrogen-bond acceptors (Lipinski definition) is 5. The number of pyridine rings is 1. The van der Waals surface area contributed by atoms with Crippen LogP contribution in [0.1, 0.15) is 144 Å². The Morgan fingerprint density at radius 3 is 1.80 bits per heavy atom. The normalized spacial score (nSPS) is 16.1. The number of benzene rings is 8. The predicted octanol–water partition coefficient (Wildman–Crippen LogP) is 21.1. The molecule has 0 bridgehead atoms. The van der Waals surface area contributed by atoms with Crippen LogP contribution in [0.5, 0.6) is 11.5 Å². The maximum Gasteiger partial charge on any atom is 0.130 e. The molecule has 2 aliphatic rings. The fraction of sp³-hybridized carbons (Fsp3) is 0.293. The zero-order chi connectivity index (χ0) is 61.6. The Balaban J connectivity index is 0.905. The van der Waals surface area contributed by atoms with E-state index in [2.05, 4.69) is 220 Å². The van der Waals surface area contributed by atoms with Gasteiger partial charge in [0.1, 0.15) is 24.0 Å². The highest BCUT2D eigenvalue weighted by Gasteiger charge is 2.37. The summed E-state index contributed by atoms with van der Waals surface area (Å²) in [5.41, 5.74) is 15.9. The first-order valence-corrected chi connectivity index (χ1v) is 28.3. The van der Waals surface area contributed by atoms with Crippen molar-refractivity contribution in [2.24, 2.45) is 0 Å². The van der Waals surface area contributed by atoms with Crippen molar-refractivity contribution in [1.29, 1.82) is 0 Å². The number of ether oxygens (including phenoxy) is 1. The number of aryl methyl sites for hydroxylation is 1. The number of nitrogens with zero attached hydrogens (tertiary/aromatic N) is 3. The van der Waals surface area contributed by atoms with Gasteiger partial charge >= 0.3 is 0 Å². The molecule has 9 aromatic rings. The SMILES string of the molecule is [2H]c1c([2H])c2c(c([2H])c1-c1cnc(Nc3ccc(C(C)(C)C)cc3-c3ccc(Oc4cccc(N5CN(c6c(-c7ccc(C(C)(C)C)cc7)cccc6-c6cccc(C(C)(C)C)c6)c6ccccc65)c4)cc3)cc1C([2H])([2H])[2H])C(C)(C)CCC2(C)C. The van der Waals surface area contributed by atoms with Crippen LogP contribution in [0.2, 0.25) is 0 Å². The largest absolute Gasteiger partial charge is 0.457 e. The van der Waals surface area contributed by atoms with Gasteiger partial charge in [0.25, 0.3) is 0 Å². The van der Waals surface area contributed by atoms with Gasteiger partial charge in [-0.2, -0.15) is 0 Å². The molecule has 0 fully saturated rings. The van der Waals surface area contributed by atoms with Crippen LogP contribution in [-0.2, 0) is 27.1 Å². The van der Waals surface area contributed by atoms with E-state index in [0.29, 0.717) is 35.1 Å². The highest BCUT2D eigenvalue weighted by atomic mass is 16.5. The molecule has 1 aliphatic carbocycles. The van der Waals surface area contributed by atoms with Gasteiger partial charge in [0.15, 0.2) is 0 Å². The van der Waals surface area contributed by atoms with Crippen molar-refractivity contribution in [3.05, 3.63) is 221 Å². The third-order valence-electron chi connectivity index (χ3n) is 16.5. The summed E-state index contributed by atoms with van der Waals surface area (Å²) in [5.74, 6) is 1.66. The number of rotatable bonds is 10. The maximum absolute atomic E-state index is 9.59. The third kappa shape index (κ3) is 10.7. The predicted molar refractivity (Wildman–Crippen MR) is 340 cm³/mol. The third-order valence-corrected chi connectivity index (χ3v) is 16.5. The zero-order valence-electron chi connectivity index (χ0n) is 55.0. The number of aromatic nitrogens is 1. The average Bonchev–Trinajstić information content (AvgIpc) is 0.800. The molecule has 5 heteroatoms. The first kappa shape index (κ1) is 47.0. The van der Waals surface area contributed by atoms with Crippen LogP contribution in [0.25, 0.3) is 44.5 Å². The Morgan fingerprint density at radius 2 is 1.11 bits per heavy atom. The molecule has 80 heavy (non-hydrogen) atoms. The number of fused-ring (bicyclic) bond motifs is 2. The van der Waals surface area contributed by atoms with Gasteiger partial charge in [-0.1, -0.05) is 211 Å². The lowest BCUT2D eigenvalue weighted by atomic mass is 9.63. The molecule has 5 nitrogen and oxygen atoms in total. The molecule has 1 N–H and O–H groups in total. The molecule has 0 atom stereocenters. The van der Waals surface area contributed by atoms with E-state index in [1.54, 1.807) is 0 Å². The highest BCUT2D eigenvalue weighted by Crippen LogP contribution is 2.52. The molecular formula is C75H80N4O. The summed E-state index contributed by atoms with van der Waals surface area (Å²) in [6.07, 6.45) is 3.09. The van der Waals surface area contributed by atoms with E-state index in [1.807, 2.05) is 42.5 Å². The number of anilines is 6. The Bertz CT molecular complexity index is 4070. The van der Waals surface area contributed by atoms with Crippen molar-refractivity contribution in [2.45, 2.75) is 137 Å². The smallest absolute Gasteiger partial charge is 0.130 e. The van der Waals surface area contributed by atoms with Crippen molar-refractivity contribution in [3.63, 3.8) is 0 Å². The van der Waals surface area contributed by atoms with Crippen molar-refractivity contribution >= 4 is 34.3 Å². The Labute approximate surface area is 486 Å². The van der Waals surface area contributed by atoms with Gasteiger partial charge in [-0.15, -0.1) is 0 Å². The van der Waals surface area contributed by atoms with Crippen molar-refractivity contribution < 1.29 is 13.0 Å². The molecule has 1 aromatic heterocycles. The van der Waals surface area contributed by atoms with Crippen LogP contribution in [0.4, 0.5) is 34.3 Å². The van der Waals surface area contributed by atoms with E-state index in [1.165, 1.54) is 34.5 Å². The molecule has 0 saturated heterocycles. The van der Waals surface area contributed by atoms with E-state index in [9.17, 15) is 4.11 Å². The second kappa shape index (κ2) is 20.3. The standard InChI is InChI=1S/C75H80N4O/c1-49-42-69(76-47-63(49)53-32-38-64-65(44-53)75(13,14)41-40-74(64,11)12)77-66-39-35-56(73(8,9)10)45-62(66)51-30-36-58(37-31-51)80-59-23-18-22-57(46-59)78-48-79(68-27-16-15-26-67(68)78)70-60(50-28-33-54(34-29-50)71(2,3)4)24-19-25-61(70)52-20-17-21-55(43-52)72(5,6)7/h15-39,42-47H,40-41,48H2,1-14H3,(H,76,77)/i1D3,32D,38D,44D. The summed E-state index contributed by atoms with van der Waals surface area (Å²) in [6, 6.07) is 57.5. The molecule has 0 radical (unpaired) electrons. The van der Waals surface area contributed by atoms with Gasteiger partial charge in [0.05, 0.1) is 21.2 Å². The second-order valence-electron chi connectivity index (χ2n) is 26.5. The molecule has 406 valence electrons.